The molecule has 0 aliphatic carbocycles. The normalized spacial score (nSPS) is 11.7. The molecular weight excluding hydrogens is 402 g/mol. The first-order chi connectivity index (χ1) is 12.9. The van der Waals surface area contributed by atoms with Crippen molar-refractivity contribution in [1.29, 1.82) is 0 Å². The van der Waals surface area contributed by atoms with Gasteiger partial charge in [0.05, 0.1) is 21.9 Å². The van der Waals surface area contributed by atoms with Gasteiger partial charge in [-0.2, -0.15) is 0 Å². The maximum Gasteiger partial charge on any atom is 0.242 e. The highest BCUT2D eigenvalue weighted by Crippen LogP contribution is 2.27. The number of benzene rings is 1. The molecule has 9 heteroatoms. The molecule has 2 aromatic heterocycles. The van der Waals surface area contributed by atoms with Crippen LogP contribution in [0.5, 0.6) is 0 Å². The lowest BCUT2D eigenvalue weighted by Gasteiger charge is -2.15. The summed E-state index contributed by atoms with van der Waals surface area (Å²) in [5, 5.41) is 7.55. The van der Waals surface area contributed by atoms with Crippen LogP contribution in [0.15, 0.2) is 52.1 Å². The molecule has 0 unspecified atom stereocenters. The summed E-state index contributed by atoms with van der Waals surface area (Å²) in [4.78, 5) is 18.0. The van der Waals surface area contributed by atoms with Crippen LogP contribution in [0.2, 0.25) is 0 Å². The van der Waals surface area contributed by atoms with Gasteiger partial charge in [0.25, 0.3) is 0 Å². The van der Waals surface area contributed by atoms with Crippen molar-refractivity contribution in [3.8, 4) is 9.88 Å². The number of amides is 1. The first-order valence-corrected chi connectivity index (χ1v) is 11.3. The van der Waals surface area contributed by atoms with Crippen molar-refractivity contribution in [1.82, 2.24) is 14.6 Å². The van der Waals surface area contributed by atoms with Crippen LogP contribution in [0.3, 0.4) is 0 Å². The molecule has 0 saturated heterocycles. The zero-order chi connectivity index (χ0) is 19.4. The Balaban J connectivity index is 1.65. The Morgan fingerprint density at radius 2 is 1.93 bits per heavy atom. The number of hydrogen-bond acceptors (Lipinski definition) is 6. The minimum Gasteiger partial charge on any atom is -0.352 e. The summed E-state index contributed by atoms with van der Waals surface area (Å²) in [5.41, 5.74) is 1.26. The molecule has 3 rings (SSSR count). The third-order valence-corrected chi connectivity index (χ3v) is 7.68. The second kappa shape index (κ2) is 8.30. The highest BCUT2D eigenvalue weighted by molar-refractivity contribution is 7.89. The maximum absolute atomic E-state index is 12.4. The molecule has 0 saturated carbocycles. The van der Waals surface area contributed by atoms with Crippen LogP contribution in [-0.2, 0) is 27.8 Å². The lowest BCUT2D eigenvalue weighted by atomic mass is 10.2. The molecule has 1 N–H and O–H groups in total. The molecule has 1 aromatic carbocycles. The van der Waals surface area contributed by atoms with Gasteiger partial charge in [-0.05, 0) is 23.1 Å². The first kappa shape index (κ1) is 19.7. The van der Waals surface area contributed by atoms with E-state index in [1.807, 2.05) is 22.9 Å². The molecule has 0 bridgehead atoms. The van der Waals surface area contributed by atoms with Gasteiger partial charge in [-0.3, -0.25) is 4.79 Å². The van der Waals surface area contributed by atoms with E-state index in [1.165, 1.54) is 25.4 Å². The number of nitrogens with zero attached hydrogens (tertiary/aromatic N) is 2. The lowest BCUT2D eigenvalue weighted by Crippen LogP contribution is -2.28. The van der Waals surface area contributed by atoms with E-state index >= 15 is 0 Å². The largest absolute Gasteiger partial charge is 0.352 e. The molecule has 0 aliphatic rings. The van der Waals surface area contributed by atoms with Crippen molar-refractivity contribution in [2.75, 3.05) is 14.1 Å². The molecule has 3 aromatic rings. The predicted octanol–water partition coefficient (Wildman–Crippen LogP) is 2.98. The van der Waals surface area contributed by atoms with Gasteiger partial charge < -0.3 is 5.32 Å². The van der Waals surface area contributed by atoms with E-state index in [1.54, 1.807) is 35.6 Å². The molecule has 0 radical (unpaired) electrons. The van der Waals surface area contributed by atoms with Gasteiger partial charge in [0.2, 0.25) is 15.9 Å². The van der Waals surface area contributed by atoms with E-state index in [9.17, 15) is 13.2 Å². The van der Waals surface area contributed by atoms with E-state index < -0.39 is 10.0 Å². The van der Waals surface area contributed by atoms with Crippen molar-refractivity contribution in [2.24, 2.45) is 0 Å². The van der Waals surface area contributed by atoms with Gasteiger partial charge in [0, 0.05) is 26.0 Å². The molecule has 1 amide bonds. The number of thiophene rings is 1. The van der Waals surface area contributed by atoms with Crippen molar-refractivity contribution in [2.45, 2.75) is 17.9 Å². The Kier molecular flexibility index (Phi) is 6.05. The zero-order valence-corrected chi connectivity index (χ0v) is 17.3. The fourth-order valence-electron chi connectivity index (χ4n) is 2.42. The zero-order valence-electron chi connectivity index (χ0n) is 14.9. The standard InChI is InChI=1S/C18H19N3O3S3/c1-21(2)27(23,24)16-8-4-3-6-13(16)11-19-17(22)10-14-12-26-18(20-14)15-7-5-9-25-15/h3-9,12H,10-11H2,1-2H3,(H,19,22). The molecule has 6 nitrogen and oxygen atoms in total. The highest BCUT2D eigenvalue weighted by atomic mass is 32.2. The summed E-state index contributed by atoms with van der Waals surface area (Å²) in [6.07, 6.45) is 0.157. The number of hydrogen-bond donors (Lipinski definition) is 1. The Morgan fingerprint density at radius 1 is 1.15 bits per heavy atom. The number of rotatable bonds is 7. The number of carbonyl (C=O) groups is 1. The number of thiazole rings is 1. The quantitative estimate of drug-likeness (QED) is 0.636. The average molecular weight is 422 g/mol. The summed E-state index contributed by atoms with van der Waals surface area (Å²) >= 11 is 3.12. The van der Waals surface area contributed by atoms with Crippen LogP contribution in [0.1, 0.15) is 11.3 Å². The van der Waals surface area contributed by atoms with Gasteiger partial charge in [-0.1, -0.05) is 24.3 Å². The predicted molar refractivity (Wildman–Crippen MR) is 108 cm³/mol. The average Bonchev–Trinajstić information content (AvgIpc) is 3.31. The van der Waals surface area contributed by atoms with E-state index in [4.69, 9.17) is 0 Å². The highest BCUT2D eigenvalue weighted by Gasteiger charge is 2.21. The van der Waals surface area contributed by atoms with E-state index in [-0.39, 0.29) is 23.8 Å². The van der Waals surface area contributed by atoms with Gasteiger partial charge in [-0.15, -0.1) is 22.7 Å². The van der Waals surface area contributed by atoms with Crippen LogP contribution < -0.4 is 5.32 Å². The first-order valence-electron chi connectivity index (χ1n) is 8.13. The fraction of sp³-hybridized carbons (Fsp3) is 0.222. The molecule has 2 heterocycles. The minimum atomic E-state index is -3.56. The number of carbonyl (C=O) groups excluding carboxylic acids is 1. The van der Waals surface area contributed by atoms with Crippen molar-refractivity contribution in [3.05, 3.63) is 58.4 Å². The summed E-state index contributed by atoms with van der Waals surface area (Å²) < 4.78 is 26.0. The van der Waals surface area contributed by atoms with Crippen LogP contribution >= 0.6 is 22.7 Å². The summed E-state index contributed by atoms with van der Waals surface area (Å²) in [6.45, 7) is 0.143. The Hall–Kier alpha value is -2.07. The Morgan fingerprint density at radius 3 is 2.63 bits per heavy atom. The molecule has 0 atom stereocenters. The van der Waals surface area contributed by atoms with Crippen LogP contribution in [0.4, 0.5) is 0 Å². The summed E-state index contributed by atoms with van der Waals surface area (Å²) in [5.74, 6) is -0.199. The molecule has 0 spiro atoms. The Labute approximate surface area is 166 Å². The fourth-order valence-corrected chi connectivity index (χ4v) is 5.17. The maximum atomic E-state index is 12.4. The Bertz CT molecular complexity index is 1030. The molecule has 142 valence electrons. The number of aromatic nitrogens is 1. The van der Waals surface area contributed by atoms with Crippen molar-refractivity contribution >= 4 is 38.6 Å². The molecular formula is C18H19N3O3S3. The minimum absolute atomic E-state index is 0.143. The van der Waals surface area contributed by atoms with Crippen molar-refractivity contribution in [3.63, 3.8) is 0 Å². The van der Waals surface area contributed by atoms with Gasteiger partial charge in [-0.25, -0.2) is 17.7 Å². The molecule has 0 fully saturated rings. The van der Waals surface area contributed by atoms with Crippen LogP contribution in [-0.4, -0.2) is 37.7 Å². The summed E-state index contributed by atoms with van der Waals surface area (Å²) in [6, 6.07) is 10.6. The number of sulfonamides is 1. The smallest absolute Gasteiger partial charge is 0.242 e. The second-order valence-electron chi connectivity index (χ2n) is 5.97. The molecule has 27 heavy (non-hydrogen) atoms. The van der Waals surface area contributed by atoms with E-state index in [0.717, 1.165) is 14.2 Å². The molecule has 0 aliphatic heterocycles. The third kappa shape index (κ3) is 4.62. The van der Waals surface area contributed by atoms with Gasteiger partial charge in [0.1, 0.15) is 5.01 Å². The van der Waals surface area contributed by atoms with Gasteiger partial charge in [0.15, 0.2) is 0 Å². The second-order valence-corrected chi connectivity index (χ2v) is 9.90. The van der Waals surface area contributed by atoms with Crippen LogP contribution in [0, 0.1) is 0 Å². The van der Waals surface area contributed by atoms with Crippen LogP contribution in [0.25, 0.3) is 9.88 Å². The topological polar surface area (TPSA) is 79.4 Å². The van der Waals surface area contributed by atoms with E-state index in [0.29, 0.717) is 11.3 Å². The summed E-state index contributed by atoms with van der Waals surface area (Å²) in [7, 11) is -0.595. The van der Waals surface area contributed by atoms with Gasteiger partial charge >= 0.3 is 0 Å². The third-order valence-electron chi connectivity index (χ3n) is 3.83. The monoisotopic (exact) mass is 421 g/mol. The number of nitrogens with one attached hydrogen (secondary N) is 1. The lowest BCUT2D eigenvalue weighted by molar-refractivity contribution is -0.120. The van der Waals surface area contributed by atoms with Crippen molar-refractivity contribution < 1.29 is 13.2 Å². The van der Waals surface area contributed by atoms with E-state index in [2.05, 4.69) is 10.3 Å². The SMILES string of the molecule is CN(C)S(=O)(=O)c1ccccc1CNC(=O)Cc1csc(-c2cccs2)n1.